The lowest BCUT2D eigenvalue weighted by atomic mass is 10.1. The molecule has 4 heteroatoms. The Hall–Kier alpha value is -1.94. The quantitative estimate of drug-likeness (QED) is 0.853. The molecule has 0 aliphatic carbocycles. The van der Waals surface area contributed by atoms with E-state index in [-0.39, 0.29) is 5.56 Å². The van der Waals surface area contributed by atoms with Crippen molar-refractivity contribution in [2.45, 2.75) is 19.5 Å². The Balaban J connectivity index is 1.95. The van der Waals surface area contributed by atoms with E-state index < -0.39 is 6.43 Å². The molecule has 0 aliphatic rings. The highest BCUT2D eigenvalue weighted by Gasteiger charge is 2.06. The Morgan fingerprint density at radius 3 is 2.33 bits per heavy atom. The number of alkyl halides is 2. The zero-order valence-corrected chi connectivity index (χ0v) is 12.3. The Bertz CT molecular complexity index is 565. The van der Waals surface area contributed by atoms with E-state index in [4.69, 9.17) is 0 Å². The Labute approximate surface area is 124 Å². The van der Waals surface area contributed by atoms with Crippen molar-refractivity contribution in [3.05, 3.63) is 65.2 Å². The number of anilines is 1. The van der Waals surface area contributed by atoms with Crippen molar-refractivity contribution in [1.82, 2.24) is 4.90 Å². The summed E-state index contributed by atoms with van der Waals surface area (Å²) < 4.78 is 25.3. The Kier molecular flexibility index (Phi) is 5.28. The highest BCUT2D eigenvalue weighted by Crippen LogP contribution is 2.20. The van der Waals surface area contributed by atoms with Crippen LogP contribution in [-0.4, -0.2) is 19.0 Å². The molecule has 0 saturated heterocycles. The molecule has 0 fully saturated rings. The minimum Gasteiger partial charge on any atom is -0.381 e. The SMILES string of the molecule is CN(C)Cc1ccc(NCc2cccc(C(F)F)c2)cc1. The lowest BCUT2D eigenvalue weighted by Gasteiger charge is -2.11. The second-order valence-corrected chi connectivity index (χ2v) is 5.33. The predicted octanol–water partition coefficient (Wildman–Crippen LogP) is 4.30. The maximum absolute atomic E-state index is 12.6. The molecule has 21 heavy (non-hydrogen) atoms. The fourth-order valence-electron chi connectivity index (χ4n) is 2.14. The van der Waals surface area contributed by atoms with Crippen LogP contribution in [0.4, 0.5) is 14.5 Å². The molecule has 2 aromatic carbocycles. The Morgan fingerprint density at radius 2 is 1.71 bits per heavy atom. The summed E-state index contributed by atoms with van der Waals surface area (Å²) in [5.74, 6) is 0. The zero-order valence-electron chi connectivity index (χ0n) is 12.3. The molecule has 0 atom stereocenters. The van der Waals surface area contributed by atoms with Gasteiger partial charge in [0.05, 0.1) is 0 Å². The summed E-state index contributed by atoms with van der Waals surface area (Å²) in [6.07, 6.45) is -2.42. The van der Waals surface area contributed by atoms with E-state index >= 15 is 0 Å². The average Bonchev–Trinajstić information content (AvgIpc) is 2.46. The van der Waals surface area contributed by atoms with Crippen LogP contribution in [0.1, 0.15) is 23.1 Å². The fourth-order valence-corrected chi connectivity index (χ4v) is 2.14. The minimum absolute atomic E-state index is 0.0654. The van der Waals surface area contributed by atoms with Crippen LogP contribution in [-0.2, 0) is 13.1 Å². The second kappa shape index (κ2) is 7.18. The number of nitrogens with one attached hydrogen (secondary N) is 1. The van der Waals surface area contributed by atoms with Crippen LogP contribution in [0, 0.1) is 0 Å². The van der Waals surface area contributed by atoms with Crippen LogP contribution in [0.3, 0.4) is 0 Å². The highest BCUT2D eigenvalue weighted by atomic mass is 19.3. The number of hydrogen-bond donors (Lipinski definition) is 1. The van der Waals surface area contributed by atoms with Crippen LogP contribution in [0.5, 0.6) is 0 Å². The number of hydrogen-bond acceptors (Lipinski definition) is 2. The highest BCUT2D eigenvalue weighted by molar-refractivity contribution is 5.45. The van der Waals surface area contributed by atoms with Gasteiger partial charge in [0.25, 0.3) is 6.43 Å². The van der Waals surface area contributed by atoms with E-state index in [9.17, 15) is 8.78 Å². The third-order valence-electron chi connectivity index (χ3n) is 3.15. The van der Waals surface area contributed by atoms with Crippen LogP contribution < -0.4 is 5.32 Å². The summed E-state index contributed by atoms with van der Waals surface area (Å²) in [4.78, 5) is 2.11. The van der Waals surface area contributed by atoms with Crippen molar-refractivity contribution in [2.75, 3.05) is 19.4 Å². The molecule has 2 aromatic rings. The zero-order chi connectivity index (χ0) is 15.2. The van der Waals surface area contributed by atoms with Gasteiger partial charge in [0.15, 0.2) is 0 Å². The summed E-state index contributed by atoms with van der Waals surface area (Å²) in [5, 5.41) is 3.25. The lowest BCUT2D eigenvalue weighted by molar-refractivity contribution is 0.151. The third-order valence-corrected chi connectivity index (χ3v) is 3.15. The lowest BCUT2D eigenvalue weighted by Crippen LogP contribution is -2.10. The first-order valence-corrected chi connectivity index (χ1v) is 6.89. The van der Waals surface area contributed by atoms with Crippen molar-refractivity contribution in [2.24, 2.45) is 0 Å². The average molecular weight is 290 g/mol. The van der Waals surface area contributed by atoms with E-state index in [0.29, 0.717) is 6.54 Å². The van der Waals surface area contributed by atoms with E-state index in [0.717, 1.165) is 17.8 Å². The van der Waals surface area contributed by atoms with Gasteiger partial charge in [-0.05, 0) is 43.4 Å². The molecule has 0 unspecified atom stereocenters. The molecule has 1 N–H and O–H groups in total. The smallest absolute Gasteiger partial charge is 0.263 e. The molecule has 0 aromatic heterocycles. The standard InChI is InChI=1S/C17H20F2N2/c1-21(2)12-13-6-8-16(9-7-13)20-11-14-4-3-5-15(10-14)17(18)19/h3-10,17,20H,11-12H2,1-2H3. The van der Waals surface area contributed by atoms with Crippen molar-refractivity contribution in [1.29, 1.82) is 0 Å². The number of rotatable bonds is 6. The van der Waals surface area contributed by atoms with Crippen molar-refractivity contribution >= 4 is 5.69 Å². The van der Waals surface area contributed by atoms with Gasteiger partial charge in [0.1, 0.15) is 0 Å². The van der Waals surface area contributed by atoms with Gasteiger partial charge in [-0.25, -0.2) is 8.78 Å². The molecule has 2 nitrogen and oxygen atoms in total. The van der Waals surface area contributed by atoms with E-state index in [2.05, 4.69) is 22.3 Å². The predicted molar refractivity (Wildman–Crippen MR) is 82.6 cm³/mol. The van der Waals surface area contributed by atoms with Crippen molar-refractivity contribution < 1.29 is 8.78 Å². The van der Waals surface area contributed by atoms with Gasteiger partial charge < -0.3 is 10.2 Å². The Morgan fingerprint density at radius 1 is 1.00 bits per heavy atom. The summed E-state index contributed by atoms with van der Waals surface area (Å²) in [5.41, 5.74) is 3.14. The van der Waals surface area contributed by atoms with Crippen molar-refractivity contribution in [3.63, 3.8) is 0 Å². The topological polar surface area (TPSA) is 15.3 Å². The van der Waals surface area contributed by atoms with E-state index in [1.807, 2.05) is 32.3 Å². The molecule has 0 spiro atoms. The van der Waals surface area contributed by atoms with E-state index in [1.54, 1.807) is 6.07 Å². The van der Waals surface area contributed by atoms with Crippen LogP contribution >= 0.6 is 0 Å². The van der Waals surface area contributed by atoms with Crippen LogP contribution in [0.25, 0.3) is 0 Å². The number of nitrogens with zero attached hydrogens (tertiary/aromatic N) is 1. The first kappa shape index (κ1) is 15.4. The minimum atomic E-state index is -2.42. The summed E-state index contributed by atoms with van der Waals surface area (Å²) in [7, 11) is 4.06. The van der Waals surface area contributed by atoms with Crippen LogP contribution in [0.15, 0.2) is 48.5 Å². The number of benzene rings is 2. The molecule has 2 rings (SSSR count). The van der Waals surface area contributed by atoms with Gasteiger partial charge in [-0.15, -0.1) is 0 Å². The normalized spacial score (nSPS) is 11.1. The molecular formula is C17H20F2N2. The van der Waals surface area contributed by atoms with E-state index in [1.165, 1.54) is 17.7 Å². The summed E-state index contributed by atoms with van der Waals surface area (Å²) in [6.45, 7) is 1.43. The number of halogens is 2. The molecule has 0 aliphatic heterocycles. The summed E-state index contributed by atoms with van der Waals surface area (Å²) in [6, 6.07) is 14.7. The van der Waals surface area contributed by atoms with Crippen molar-refractivity contribution in [3.8, 4) is 0 Å². The molecule has 0 saturated carbocycles. The monoisotopic (exact) mass is 290 g/mol. The van der Waals surface area contributed by atoms with Gasteiger partial charge in [0, 0.05) is 24.3 Å². The molecule has 0 bridgehead atoms. The summed E-state index contributed by atoms with van der Waals surface area (Å²) >= 11 is 0. The molecule has 112 valence electrons. The molecule has 0 amide bonds. The van der Waals surface area contributed by atoms with Crippen LogP contribution in [0.2, 0.25) is 0 Å². The maximum atomic E-state index is 12.6. The fraction of sp³-hybridized carbons (Fsp3) is 0.294. The molecule has 0 radical (unpaired) electrons. The van der Waals surface area contributed by atoms with Gasteiger partial charge in [-0.3, -0.25) is 0 Å². The maximum Gasteiger partial charge on any atom is 0.263 e. The third kappa shape index (κ3) is 4.83. The molecular weight excluding hydrogens is 270 g/mol. The largest absolute Gasteiger partial charge is 0.381 e. The van der Waals surface area contributed by atoms with Gasteiger partial charge in [-0.2, -0.15) is 0 Å². The van der Waals surface area contributed by atoms with Gasteiger partial charge in [-0.1, -0.05) is 30.3 Å². The molecule has 0 heterocycles. The van der Waals surface area contributed by atoms with Gasteiger partial charge >= 0.3 is 0 Å². The first-order valence-electron chi connectivity index (χ1n) is 6.89. The first-order chi connectivity index (χ1) is 10.0. The van der Waals surface area contributed by atoms with Gasteiger partial charge in [0.2, 0.25) is 0 Å². The second-order valence-electron chi connectivity index (χ2n) is 5.33.